The quantitative estimate of drug-likeness (QED) is 0.605. The van der Waals surface area contributed by atoms with Crippen LogP contribution in [0.3, 0.4) is 0 Å². The van der Waals surface area contributed by atoms with Gasteiger partial charge in [0.05, 0.1) is 16.8 Å². The Hall–Kier alpha value is -2.36. The average molecular weight is 493 g/mol. The van der Waals surface area contributed by atoms with Crippen molar-refractivity contribution in [3.05, 3.63) is 46.6 Å². The molecule has 2 aromatic rings. The number of aromatic carboxylic acids is 1. The summed E-state index contributed by atoms with van der Waals surface area (Å²) in [4.78, 5) is 21.0. The van der Waals surface area contributed by atoms with Crippen LogP contribution in [0.2, 0.25) is 5.02 Å². The van der Waals surface area contributed by atoms with Crippen molar-refractivity contribution >= 4 is 39.1 Å². The summed E-state index contributed by atoms with van der Waals surface area (Å²) in [5, 5.41) is 10.2. The molecule has 1 atom stereocenters. The zero-order valence-electron chi connectivity index (χ0n) is 18.6. The van der Waals surface area contributed by atoms with Gasteiger partial charge in [0.25, 0.3) is 10.0 Å². The Morgan fingerprint density at radius 3 is 2.73 bits per heavy atom. The van der Waals surface area contributed by atoms with E-state index >= 15 is 0 Å². The van der Waals surface area contributed by atoms with Gasteiger partial charge < -0.3 is 14.9 Å². The molecule has 2 saturated heterocycles. The van der Waals surface area contributed by atoms with E-state index in [0.717, 1.165) is 45.6 Å². The number of rotatable bonds is 7. The molecule has 178 valence electrons. The molecule has 10 heteroatoms. The van der Waals surface area contributed by atoms with Crippen LogP contribution in [0.5, 0.6) is 0 Å². The highest BCUT2D eigenvalue weighted by Crippen LogP contribution is 2.29. The van der Waals surface area contributed by atoms with Crippen LogP contribution in [-0.4, -0.2) is 62.1 Å². The van der Waals surface area contributed by atoms with Crippen LogP contribution in [-0.2, 0) is 10.0 Å². The van der Waals surface area contributed by atoms with Gasteiger partial charge in [-0.2, -0.15) is 0 Å². The molecule has 2 aliphatic heterocycles. The lowest BCUT2D eigenvalue weighted by Gasteiger charge is -2.36. The summed E-state index contributed by atoms with van der Waals surface area (Å²) in [5.74, 6) is -0.293. The molecule has 0 amide bonds. The normalized spacial score (nSPS) is 19.6. The summed E-state index contributed by atoms with van der Waals surface area (Å²) in [6.07, 6.45) is 5.96. The number of anilines is 2. The van der Waals surface area contributed by atoms with Crippen molar-refractivity contribution in [1.29, 1.82) is 0 Å². The van der Waals surface area contributed by atoms with Crippen molar-refractivity contribution in [2.24, 2.45) is 5.92 Å². The molecule has 0 saturated carbocycles. The molecule has 4 rings (SSSR count). The summed E-state index contributed by atoms with van der Waals surface area (Å²) in [7, 11) is -3.96. The van der Waals surface area contributed by atoms with Gasteiger partial charge in [-0.15, -0.1) is 0 Å². The lowest BCUT2D eigenvalue weighted by Crippen LogP contribution is -2.41. The van der Waals surface area contributed by atoms with Crippen molar-refractivity contribution in [2.75, 3.05) is 42.3 Å². The van der Waals surface area contributed by atoms with E-state index in [1.807, 2.05) is 4.90 Å². The average Bonchev–Trinajstić information content (AvgIpc) is 3.28. The van der Waals surface area contributed by atoms with E-state index in [-0.39, 0.29) is 16.1 Å². The van der Waals surface area contributed by atoms with Gasteiger partial charge in [0.2, 0.25) is 0 Å². The molecule has 1 aromatic carbocycles. The second-order valence-corrected chi connectivity index (χ2v) is 10.9. The number of nitrogens with one attached hydrogen (secondary N) is 1. The third-order valence-electron chi connectivity index (χ3n) is 6.39. The minimum atomic E-state index is -3.96. The molecular weight excluding hydrogens is 464 g/mol. The fourth-order valence-electron chi connectivity index (χ4n) is 4.75. The number of pyridine rings is 1. The predicted molar refractivity (Wildman–Crippen MR) is 129 cm³/mol. The Morgan fingerprint density at radius 2 is 2.00 bits per heavy atom. The van der Waals surface area contributed by atoms with E-state index < -0.39 is 16.0 Å². The van der Waals surface area contributed by atoms with Crippen molar-refractivity contribution in [1.82, 2.24) is 9.88 Å². The summed E-state index contributed by atoms with van der Waals surface area (Å²) in [5.41, 5.74) is 0.507. The van der Waals surface area contributed by atoms with E-state index in [1.54, 1.807) is 19.1 Å². The second-order valence-electron chi connectivity index (χ2n) is 8.83. The van der Waals surface area contributed by atoms with E-state index in [2.05, 4.69) is 14.6 Å². The first-order valence-electron chi connectivity index (χ1n) is 11.2. The van der Waals surface area contributed by atoms with Gasteiger partial charge >= 0.3 is 5.97 Å². The minimum Gasteiger partial charge on any atom is -0.478 e. The molecule has 33 heavy (non-hydrogen) atoms. The first kappa shape index (κ1) is 23.8. The topological polar surface area (TPSA) is 103 Å². The molecule has 2 aliphatic rings. The molecule has 2 N–H and O–H groups in total. The number of hydrogen-bond acceptors (Lipinski definition) is 6. The predicted octanol–water partition coefficient (Wildman–Crippen LogP) is 3.85. The number of carboxylic acid groups (broad SMARTS) is 1. The zero-order chi connectivity index (χ0) is 23.6. The van der Waals surface area contributed by atoms with Gasteiger partial charge in [0.1, 0.15) is 11.4 Å². The zero-order valence-corrected chi connectivity index (χ0v) is 20.2. The molecule has 0 aliphatic carbocycles. The maximum atomic E-state index is 12.9. The van der Waals surface area contributed by atoms with Crippen LogP contribution in [0.25, 0.3) is 0 Å². The second kappa shape index (κ2) is 9.87. The first-order chi connectivity index (χ1) is 15.7. The standard InChI is InChI=1S/C23H29ClN4O4S/c1-16-20(24)7-4-8-21(16)33(31,32)26-18-12-19(23(29)30)22(25-13-18)28-11-5-6-17(15-28)14-27-9-2-3-10-27/h4,7-8,12-13,17,26H,2-3,5-6,9-11,14-15H2,1H3,(H,29,30). The van der Waals surface area contributed by atoms with Crippen LogP contribution in [0.15, 0.2) is 35.4 Å². The fraction of sp³-hybridized carbons (Fsp3) is 0.478. The number of benzene rings is 1. The highest BCUT2D eigenvalue weighted by atomic mass is 35.5. The lowest BCUT2D eigenvalue weighted by molar-refractivity contribution is 0.0697. The molecular formula is C23H29ClN4O4S. The SMILES string of the molecule is Cc1c(Cl)cccc1S(=O)(=O)Nc1cnc(N2CCCC(CN3CCCC3)C2)c(C(=O)O)c1. The molecule has 0 radical (unpaired) electrons. The maximum absolute atomic E-state index is 12.9. The molecule has 8 nitrogen and oxygen atoms in total. The number of likely N-dealkylation sites (tertiary alicyclic amines) is 1. The maximum Gasteiger partial charge on any atom is 0.339 e. The van der Waals surface area contributed by atoms with Crippen LogP contribution in [0.1, 0.15) is 41.6 Å². The van der Waals surface area contributed by atoms with Crippen molar-refractivity contribution in [3.8, 4) is 0 Å². The van der Waals surface area contributed by atoms with E-state index in [9.17, 15) is 18.3 Å². The van der Waals surface area contributed by atoms with E-state index in [4.69, 9.17) is 11.6 Å². The van der Waals surface area contributed by atoms with Gasteiger partial charge in [0.15, 0.2) is 0 Å². The Morgan fingerprint density at radius 1 is 1.24 bits per heavy atom. The number of hydrogen-bond donors (Lipinski definition) is 2. The molecule has 0 bridgehead atoms. The Kier molecular flexibility index (Phi) is 7.11. The smallest absolute Gasteiger partial charge is 0.339 e. The van der Waals surface area contributed by atoms with Crippen molar-refractivity contribution < 1.29 is 18.3 Å². The summed E-state index contributed by atoms with van der Waals surface area (Å²) < 4.78 is 28.2. The lowest BCUT2D eigenvalue weighted by atomic mass is 9.97. The van der Waals surface area contributed by atoms with Gasteiger partial charge in [-0.05, 0) is 75.4 Å². The van der Waals surface area contributed by atoms with Crippen LogP contribution in [0, 0.1) is 12.8 Å². The van der Waals surface area contributed by atoms with Gasteiger partial charge in [-0.25, -0.2) is 18.2 Å². The largest absolute Gasteiger partial charge is 0.478 e. The first-order valence-corrected chi connectivity index (χ1v) is 13.1. The van der Waals surface area contributed by atoms with Gasteiger partial charge in [0, 0.05) is 24.7 Å². The number of aromatic nitrogens is 1. The number of piperidine rings is 1. The summed E-state index contributed by atoms with van der Waals surface area (Å²) in [6.45, 7) is 6.39. The summed E-state index contributed by atoms with van der Waals surface area (Å²) in [6, 6.07) is 5.97. The third kappa shape index (κ3) is 5.42. The highest BCUT2D eigenvalue weighted by Gasteiger charge is 2.27. The minimum absolute atomic E-state index is 0.0140. The number of nitrogens with zero attached hydrogens (tertiary/aromatic N) is 3. The Bertz CT molecular complexity index is 1140. The van der Waals surface area contributed by atoms with Crippen molar-refractivity contribution in [2.45, 2.75) is 37.5 Å². The van der Waals surface area contributed by atoms with E-state index in [1.165, 1.54) is 31.2 Å². The Labute approximate surface area is 199 Å². The van der Waals surface area contributed by atoms with Gasteiger partial charge in [-0.3, -0.25) is 4.72 Å². The molecule has 0 spiro atoms. The van der Waals surface area contributed by atoms with Crippen molar-refractivity contribution in [3.63, 3.8) is 0 Å². The third-order valence-corrected chi connectivity index (χ3v) is 8.33. The number of carbonyl (C=O) groups is 1. The number of halogens is 1. The fourth-order valence-corrected chi connectivity index (χ4v) is 6.28. The number of carboxylic acids is 1. The Balaban J connectivity index is 1.55. The molecule has 2 fully saturated rings. The van der Waals surface area contributed by atoms with Crippen LogP contribution >= 0.6 is 11.6 Å². The molecule has 1 aromatic heterocycles. The molecule has 3 heterocycles. The van der Waals surface area contributed by atoms with Crippen LogP contribution < -0.4 is 9.62 Å². The van der Waals surface area contributed by atoms with Gasteiger partial charge in [-0.1, -0.05) is 17.7 Å². The monoisotopic (exact) mass is 492 g/mol. The van der Waals surface area contributed by atoms with Crippen LogP contribution in [0.4, 0.5) is 11.5 Å². The highest BCUT2D eigenvalue weighted by molar-refractivity contribution is 7.92. The summed E-state index contributed by atoms with van der Waals surface area (Å²) >= 11 is 6.07. The number of sulfonamides is 1. The molecule has 1 unspecified atom stereocenters. The van der Waals surface area contributed by atoms with E-state index in [0.29, 0.717) is 22.3 Å².